The van der Waals surface area contributed by atoms with Gasteiger partial charge in [0.05, 0.1) is 46.5 Å². The molecule has 1 N–H and O–H groups in total. The normalized spacial score (nSPS) is 15.8. The summed E-state index contributed by atoms with van der Waals surface area (Å²) in [4.78, 5) is 38.4. The molecule has 2 aliphatic heterocycles. The summed E-state index contributed by atoms with van der Waals surface area (Å²) in [6, 6.07) is 14.7. The minimum atomic E-state index is -0.731. The number of amides is 2. The molecule has 10 nitrogen and oxygen atoms in total. The van der Waals surface area contributed by atoms with Crippen molar-refractivity contribution in [3.05, 3.63) is 53.7 Å². The largest absolute Gasteiger partial charge is 0.443 e. The highest BCUT2D eigenvalue weighted by Gasteiger charge is 2.50. The van der Waals surface area contributed by atoms with Gasteiger partial charge in [-0.15, -0.1) is 0 Å². The van der Waals surface area contributed by atoms with Gasteiger partial charge in [-0.3, -0.25) is 5.32 Å². The van der Waals surface area contributed by atoms with E-state index >= 15 is 0 Å². The number of thiazole rings is 1. The van der Waals surface area contributed by atoms with Crippen LogP contribution < -0.4 is 5.32 Å². The Hall–Kier alpha value is -4.27. The summed E-state index contributed by atoms with van der Waals surface area (Å²) >= 11 is 1.26. The monoisotopic (exact) mass is 556 g/mol. The number of nitrogens with one attached hydrogen (secondary N) is 1. The number of urea groups is 1. The molecule has 2 fully saturated rings. The van der Waals surface area contributed by atoms with Crippen LogP contribution in [0.25, 0.3) is 32.9 Å². The topological polar surface area (TPSA) is 122 Å². The van der Waals surface area contributed by atoms with Crippen molar-refractivity contribution in [2.75, 3.05) is 31.6 Å². The number of nitriles is 1. The number of carbonyl (C=O) groups is 2. The molecular weight excluding hydrogens is 528 g/mol. The molecule has 1 aromatic carbocycles. The summed E-state index contributed by atoms with van der Waals surface area (Å²) in [5.41, 5.74) is 2.81. The van der Waals surface area contributed by atoms with Gasteiger partial charge in [-0.2, -0.15) is 5.26 Å². The highest BCUT2D eigenvalue weighted by molar-refractivity contribution is 7.19. The van der Waals surface area contributed by atoms with Gasteiger partial charge in [0.25, 0.3) is 0 Å². The first-order valence-corrected chi connectivity index (χ1v) is 13.7. The molecule has 0 radical (unpaired) electrons. The van der Waals surface area contributed by atoms with E-state index in [2.05, 4.69) is 16.4 Å². The maximum atomic E-state index is 13.6. The SMILES string of the molecule is Cc1ccc2cc(-c3sc(NC(=O)N4CC5(COC5)C4)nc3-c3cccc(C#N)c3)n(C(=O)OC(C)(C)C)c2n1. The number of fused-ring (bicyclic) bond motifs is 1. The number of likely N-dealkylation sites (tertiary alicyclic amines) is 1. The molecule has 0 unspecified atom stereocenters. The number of hydrogen-bond donors (Lipinski definition) is 1. The second kappa shape index (κ2) is 9.43. The number of carbonyl (C=O) groups excluding carboxylic acids is 2. The summed E-state index contributed by atoms with van der Waals surface area (Å²) in [5.74, 6) is 0. The molecular formula is C29H28N6O4S. The molecule has 1 spiro atoms. The number of aromatic nitrogens is 3. The first kappa shape index (κ1) is 26.0. The third kappa shape index (κ3) is 4.69. The van der Waals surface area contributed by atoms with Crippen molar-refractivity contribution in [1.29, 1.82) is 5.26 Å². The number of pyridine rings is 1. The Morgan fingerprint density at radius 3 is 2.60 bits per heavy atom. The average Bonchev–Trinajstić information content (AvgIpc) is 3.42. The standard InChI is InChI=1S/C29H28N6O4S/c1-17-8-9-20-11-21(35(24(20)31-17)27(37)39-28(2,3)4)23-22(19-7-5-6-18(10-19)12-30)32-25(40-23)33-26(36)34-13-29(14-34)15-38-16-29/h5-11H,13-16H2,1-4H3,(H,32,33,36). The van der Waals surface area contributed by atoms with E-state index in [9.17, 15) is 14.9 Å². The van der Waals surface area contributed by atoms with Crippen LogP contribution in [-0.4, -0.2) is 63.5 Å². The van der Waals surface area contributed by atoms with Gasteiger partial charge in [-0.25, -0.2) is 24.1 Å². The molecule has 0 bridgehead atoms. The van der Waals surface area contributed by atoms with Crippen LogP contribution in [0.2, 0.25) is 0 Å². The second-order valence-corrected chi connectivity index (χ2v) is 12.4. The molecule has 2 aliphatic rings. The Balaban J connectivity index is 1.46. The smallest absolute Gasteiger partial charge is 0.420 e. The molecule has 3 aromatic heterocycles. The molecule has 2 saturated heterocycles. The van der Waals surface area contributed by atoms with Crippen LogP contribution in [0, 0.1) is 23.7 Å². The lowest BCUT2D eigenvalue weighted by Crippen LogP contribution is -2.67. The van der Waals surface area contributed by atoms with E-state index in [1.54, 1.807) is 23.1 Å². The minimum Gasteiger partial charge on any atom is -0.443 e. The molecule has 0 aliphatic carbocycles. The van der Waals surface area contributed by atoms with Crippen LogP contribution in [0.1, 0.15) is 32.0 Å². The molecule has 0 saturated carbocycles. The van der Waals surface area contributed by atoms with Crippen molar-refractivity contribution in [3.63, 3.8) is 0 Å². The average molecular weight is 557 g/mol. The number of hydrogen-bond acceptors (Lipinski definition) is 8. The van der Waals surface area contributed by atoms with Crippen molar-refractivity contribution in [1.82, 2.24) is 19.4 Å². The van der Waals surface area contributed by atoms with Crippen LogP contribution >= 0.6 is 11.3 Å². The molecule has 204 valence electrons. The lowest BCUT2D eigenvalue weighted by molar-refractivity contribution is -0.174. The lowest BCUT2D eigenvalue weighted by atomic mass is 9.78. The van der Waals surface area contributed by atoms with Gasteiger partial charge >= 0.3 is 12.1 Å². The summed E-state index contributed by atoms with van der Waals surface area (Å²) in [5, 5.41) is 13.6. The third-order valence-electron chi connectivity index (χ3n) is 6.86. The van der Waals surface area contributed by atoms with Crippen LogP contribution in [0.5, 0.6) is 0 Å². The van der Waals surface area contributed by atoms with Gasteiger partial charge in [0.15, 0.2) is 5.13 Å². The Morgan fingerprint density at radius 2 is 1.93 bits per heavy atom. The van der Waals surface area contributed by atoms with Crippen molar-refractivity contribution in [2.24, 2.45) is 5.41 Å². The van der Waals surface area contributed by atoms with Gasteiger partial charge in [0.2, 0.25) is 0 Å². The van der Waals surface area contributed by atoms with Gasteiger partial charge in [0.1, 0.15) is 11.2 Å². The fraction of sp³-hybridized carbons (Fsp3) is 0.345. The number of aryl methyl sites for hydroxylation is 1. The zero-order valence-electron chi connectivity index (χ0n) is 22.6. The summed E-state index contributed by atoms with van der Waals surface area (Å²) in [7, 11) is 0. The molecule has 5 heterocycles. The minimum absolute atomic E-state index is 0.0910. The zero-order valence-corrected chi connectivity index (χ0v) is 23.5. The van der Waals surface area contributed by atoms with E-state index in [-0.39, 0.29) is 11.4 Å². The van der Waals surface area contributed by atoms with E-state index in [1.165, 1.54) is 15.9 Å². The van der Waals surface area contributed by atoms with Gasteiger partial charge in [-0.05, 0) is 58.0 Å². The quantitative estimate of drug-likeness (QED) is 0.346. The van der Waals surface area contributed by atoms with Gasteiger partial charge in [0, 0.05) is 29.7 Å². The second-order valence-electron chi connectivity index (χ2n) is 11.4. The highest BCUT2D eigenvalue weighted by atomic mass is 32.1. The Labute approximate surface area is 235 Å². The Morgan fingerprint density at radius 1 is 1.15 bits per heavy atom. The first-order valence-electron chi connectivity index (χ1n) is 12.9. The molecule has 40 heavy (non-hydrogen) atoms. The van der Waals surface area contributed by atoms with Gasteiger partial charge in [-0.1, -0.05) is 23.5 Å². The van der Waals surface area contributed by atoms with E-state index in [4.69, 9.17) is 14.5 Å². The fourth-order valence-corrected chi connectivity index (χ4v) is 5.94. The van der Waals surface area contributed by atoms with Crippen molar-refractivity contribution in [2.45, 2.75) is 33.3 Å². The highest BCUT2D eigenvalue weighted by Crippen LogP contribution is 2.42. The third-order valence-corrected chi connectivity index (χ3v) is 7.85. The molecule has 11 heteroatoms. The predicted molar refractivity (Wildman–Crippen MR) is 151 cm³/mol. The number of anilines is 1. The fourth-order valence-electron chi connectivity index (χ4n) is 4.96. The van der Waals surface area contributed by atoms with Crippen molar-refractivity contribution < 1.29 is 19.1 Å². The molecule has 0 atom stereocenters. The zero-order chi connectivity index (χ0) is 28.2. The maximum Gasteiger partial charge on any atom is 0.420 e. The number of ether oxygens (including phenoxy) is 2. The summed E-state index contributed by atoms with van der Waals surface area (Å²) in [6.45, 7) is 9.94. The van der Waals surface area contributed by atoms with Crippen LogP contribution in [-0.2, 0) is 9.47 Å². The summed E-state index contributed by atoms with van der Waals surface area (Å²) in [6.07, 6.45) is -0.570. The Kier molecular flexibility index (Phi) is 6.12. The van der Waals surface area contributed by atoms with Crippen LogP contribution in [0.4, 0.5) is 14.7 Å². The van der Waals surface area contributed by atoms with E-state index in [1.807, 2.05) is 52.0 Å². The molecule has 4 aromatic rings. The van der Waals surface area contributed by atoms with Crippen molar-refractivity contribution >= 4 is 39.6 Å². The lowest BCUT2D eigenvalue weighted by Gasteiger charge is -2.54. The first-order chi connectivity index (χ1) is 19.0. The van der Waals surface area contributed by atoms with Crippen LogP contribution in [0.15, 0.2) is 42.5 Å². The molecule has 2 amide bonds. The number of benzene rings is 1. The Bertz CT molecular complexity index is 1700. The maximum absolute atomic E-state index is 13.6. The van der Waals surface area contributed by atoms with Crippen LogP contribution in [0.3, 0.4) is 0 Å². The van der Waals surface area contributed by atoms with Gasteiger partial charge < -0.3 is 14.4 Å². The number of rotatable bonds is 3. The molecule has 6 rings (SSSR count). The van der Waals surface area contributed by atoms with Crippen molar-refractivity contribution in [3.8, 4) is 27.9 Å². The van der Waals surface area contributed by atoms with E-state index in [0.29, 0.717) is 64.5 Å². The number of nitrogens with zero attached hydrogens (tertiary/aromatic N) is 5. The predicted octanol–water partition coefficient (Wildman–Crippen LogP) is 5.65. The van der Waals surface area contributed by atoms with E-state index < -0.39 is 11.7 Å². The summed E-state index contributed by atoms with van der Waals surface area (Å²) < 4.78 is 12.6. The van der Waals surface area contributed by atoms with E-state index in [0.717, 1.165) is 11.1 Å².